The molecule has 2 amide bonds. The van der Waals surface area contributed by atoms with Crippen molar-refractivity contribution in [3.8, 4) is 0 Å². The summed E-state index contributed by atoms with van der Waals surface area (Å²) in [5.41, 5.74) is 5.88. The summed E-state index contributed by atoms with van der Waals surface area (Å²) in [5, 5.41) is 20.4. The quantitative estimate of drug-likeness (QED) is 0.507. The molecule has 6 heteroatoms. The van der Waals surface area contributed by atoms with E-state index in [-0.39, 0.29) is 34.6 Å². The van der Waals surface area contributed by atoms with E-state index in [4.69, 9.17) is 0 Å². The van der Waals surface area contributed by atoms with Crippen molar-refractivity contribution in [3.05, 3.63) is 99.8 Å². The average Bonchev–Trinajstić information content (AvgIpc) is 3.04. The summed E-state index contributed by atoms with van der Waals surface area (Å²) in [7, 11) is 0. The van der Waals surface area contributed by atoms with E-state index in [1.54, 1.807) is 12.1 Å². The van der Waals surface area contributed by atoms with Crippen molar-refractivity contribution in [1.29, 1.82) is 0 Å². The molecular weight excluding hydrogens is 392 g/mol. The Morgan fingerprint density at radius 3 is 2.06 bits per heavy atom. The molecule has 31 heavy (non-hydrogen) atoms. The summed E-state index contributed by atoms with van der Waals surface area (Å²) in [6.45, 7) is 2.04. The summed E-state index contributed by atoms with van der Waals surface area (Å²) in [6.07, 6.45) is 0. The van der Waals surface area contributed by atoms with Crippen molar-refractivity contribution in [3.63, 3.8) is 0 Å². The second-order valence-electron chi connectivity index (χ2n) is 8.57. The highest BCUT2D eigenvalue weighted by molar-refractivity contribution is 6.23. The highest BCUT2D eigenvalue weighted by atomic mass is 16.8. The molecule has 2 bridgehead atoms. The van der Waals surface area contributed by atoms with Gasteiger partial charge in [-0.3, -0.25) is 14.8 Å². The number of rotatable bonds is 2. The van der Waals surface area contributed by atoms with Gasteiger partial charge in [0.05, 0.1) is 23.2 Å². The Hall–Kier alpha value is -3.48. The molecule has 3 aromatic carbocycles. The number of hydrogen-bond donors (Lipinski definition) is 1. The van der Waals surface area contributed by atoms with Gasteiger partial charge in [0.2, 0.25) is 11.8 Å². The first-order valence-electron chi connectivity index (χ1n) is 10.3. The fourth-order valence-electron chi connectivity index (χ4n) is 5.85. The molecule has 6 nitrogen and oxygen atoms in total. The highest BCUT2D eigenvalue weighted by Crippen LogP contribution is 2.61. The van der Waals surface area contributed by atoms with Gasteiger partial charge in [-0.1, -0.05) is 54.1 Å². The number of benzene rings is 3. The SMILES string of the molecule is Cc1ccc2c(c1)[C@@H]1c3ccccc3[C@@H]2[C@@H]2C(=O)N(c3cccc(N([O-])O)c3)C(=O)[C@H]12. The number of aryl methyl sites for hydroxylation is 1. The first-order chi connectivity index (χ1) is 15.0. The van der Waals surface area contributed by atoms with Crippen LogP contribution in [0.3, 0.4) is 0 Å². The number of amides is 2. The maximum absolute atomic E-state index is 13.7. The van der Waals surface area contributed by atoms with E-state index < -0.39 is 11.8 Å². The second kappa shape index (κ2) is 6.26. The number of imide groups is 1. The Labute approximate surface area is 178 Å². The smallest absolute Gasteiger partial charge is 0.238 e. The van der Waals surface area contributed by atoms with E-state index in [2.05, 4.69) is 30.3 Å². The van der Waals surface area contributed by atoms with E-state index in [9.17, 15) is 20.0 Å². The lowest BCUT2D eigenvalue weighted by atomic mass is 9.55. The fraction of sp³-hybridized carbons (Fsp3) is 0.200. The Balaban J connectivity index is 1.54. The van der Waals surface area contributed by atoms with Gasteiger partial charge in [-0.15, -0.1) is 0 Å². The molecule has 3 aromatic rings. The number of anilines is 2. The van der Waals surface area contributed by atoms with Crippen molar-refractivity contribution in [2.24, 2.45) is 11.8 Å². The van der Waals surface area contributed by atoms with Crippen LogP contribution in [0.25, 0.3) is 0 Å². The van der Waals surface area contributed by atoms with Crippen LogP contribution in [0.2, 0.25) is 0 Å². The molecule has 154 valence electrons. The van der Waals surface area contributed by atoms with Gasteiger partial charge in [0.25, 0.3) is 0 Å². The van der Waals surface area contributed by atoms with Crippen molar-refractivity contribution in [2.75, 3.05) is 10.1 Å². The van der Waals surface area contributed by atoms with Gasteiger partial charge in [-0.25, -0.2) is 4.90 Å². The van der Waals surface area contributed by atoms with Gasteiger partial charge < -0.3 is 10.4 Å². The molecule has 1 saturated heterocycles. The van der Waals surface area contributed by atoms with Gasteiger partial charge in [-0.2, -0.15) is 0 Å². The van der Waals surface area contributed by atoms with Crippen molar-refractivity contribution >= 4 is 23.2 Å². The molecule has 0 radical (unpaired) electrons. The normalized spacial score (nSPS) is 25.3. The minimum Gasteiger partial charge on any atom is -0.733 e. The zero-order valence-corrected chi connectivity index (χ0v) is 16.7. The molecule has 1 N–H and O–H groups in total. The summed E-state index contributed by atoms with van der Waals surface area (Å²) < 4.78 is 0. The third kappa shape index (κ3) is 2.34. The van der Waals surface area contributed by atoms with E-state index in [0.29, 0.717) is 5.69 Å². The molecule has 1 aliphatic heterocycles. The van der Waals surface area contributed by atoms with Crippen LogP contribution >= 0.6 is 0 Å². The minimum atomic E-state index is -0.483. The van der Waals surface area contributed by atoms with E-state index >= 15 is 0 Å². The first kappa shape index (κ1) is 18.3. The van der Waals surface area contributed by atoms with Gasteiger partial charge in [0, 0.05) is 11.8 Å². The van der Waals surface area contributed by atoms with Crippen LogP contribution < -0.4 is 10.1 Å². The van der Waals surface area contributed by atoms with Gasteiger partial charge in [-0.05, 0) is 47.4 Å². The largest absolute Gasteiger partial charge is 0.733 e. The molecular formula is C25H19N2O4-. The lowest BCUT2D eigenvalue weighted by Gasteiger charge is -2.46. The zero-order valence-electron chi connectivity index (χ0n) is 16.7. The fourth-order valence-corrected chi connectivity index (χ4v) is 5.85. The zero-order chi connectivity index (χ0) is 21.4. The second-order valence-corrected chi connectivity index (χ2v) is 8.57. The topological polar surface area (TPSA) is 83.9 Å². The molecule has 1 heterocycles. The van der Waals surface area contributed by atoms with Crippen LogP contribution in [-0.4, -0.2) is 17.0 Å². The number of hydrogen-bond acceptors (Lipinski definition) is 5. The van der Waals surface area contributed by atoms with E-state index in [1.165, 1.54) is 17.0 Å². The monoisotopic (exact) mass is 411 g/mol. The van der Waals surface area contributed by atoms with Gasteiger partial charge in [0.15, 0.2) is 0 Å². The Bertz CT molecular complexity index is 1270. The Morgan fingerprint density at radius 2 is 1.42 bits per heavy atom. The average molecular weight is 411 g/mol. The van der Waals surface area contributed by atoms with Crippen molar-refractivity contribution in [2.45, 2.75) is 18.8 Å². The summed E-state index contributed by atoms with van der Waals surface area (Å²) in [4.78, 5) is 28.5. The third-order valence-electron chi connectivity index (χ3n) is 7.00. The lowest BCUT2D eigenvalue weighted by Crippen LogP contribution is -2.41. The Morgan fingerprint density at radius 1 is 0.806 bits per heavy atom. The lowest BCUT2D eigenvalue weighted by molar-refractivity contribution is -0.122. The summed E-state index contributed by atoms with van der Waals surface area (Å²) in [6, 6.07) is 20.3. The van der Waals surface area contributed by atoms with Crippen LogP contribution in [0, 0.1) is 24.0 Å². The number of nitrogens with zero attached hydrogens (tertiary/aromatic N) is 2. The van der Waals surface area contributed by atoms with Crippen LogP contribution in [0.1, 0.15) is 39.7 Å². The molecule has 0 unspecified atom stereocenters. The van der Waals surface area contributed by atoms with Crippen molar-refractivity contribution < 1.29 is 14.8 Å². The van der Waals surface area contributed by atoms with Crippen LogP contribution in [0.5, 0.6) is 0 Å². The summed E-state index contributed by atoms with van der Waals surface area (Å²) in [5.74, 6) is -1.83. The van der Waals surface area contributed by atoms with Gasteiger partial charge in [0.1, 0.15) is 0 Å². The molecule has 3 aliphatic carbocycles. The molecule has 7 rings (SSSR count). The first-order valence-corrected chi connectivity index (χ1v) is 10.3. The number of carbonyl (C=O) groups is 2. The van der Waals surface area contributed by atoms with E-state index in [1.807, 2.05) is 19.1 Å². The van der Waals surface area contributed by atoms with Crippen LogP contribution in [0.4, 0.5) is 11.4 Å². The molecule has 4 atom stereocenters. The van der Waals surface area contributed by atoms with Gasteiger partial charge >= 0.3 is 0 Å². The predicted molar refractivity (Wildman–Crippen MR) is 115 cm³/mol. The van der Waals surface area contributed by atoms with Crippen molar-refractivity contribution in [1.82, 2.24) is 0 Å². The van der Waals surface area contributed by atoms with Crippen LogP contribution in [-0.2, 0) is 9.59 Å². The summed E-state index contributed by atoms with van der Waals surface area (Å²) >= 11 is 0. The van der Waals surface area contributed by atoms with Crippen LogP contribution in [0.15, 0.2) is 66.7 Å². The minimum absolute atomic E-state index is 0.0295. The molecule has 1 fully saturated rings. The predicted octanol–water partition coefficient (Wildman–Crippen LogP) is 4.09. The molecule has 4 aliphatic rings. The number of carbonyl (C=O) groups excluding carboxylic acids is 2. The van der Waals surface area contributed by atoms with E-state index in [0.717, 1.165) is 27.8 Å². The standard InChI is InChI=1S/C25H19N2O4/c1-13-9-10-18-19(11-13)21-17-8-3-2-7-16(17)20(18)22-23(21)25(29)26(24(22)28)14-5-4-6-15(12-14)27(30)31/h2-12,20-23,30H,1H3/q-1/t20-,21-,22-,23+/m0/s1. The maximum Gasteiger partial charge on any atom is 0.238 e. The third-order valence-corrected chi connectivity index (χ3v) is 7.00. The maximum atomic E-state index is 13.7. The highest BCUT2D eigenvalue weighted by Gasteiger charge is 2.61. The molecule has 0 aromatic heterocycles. The molecule has 0 spiro atoms. The molecule has 0 saturated carbocycles. The Kier molecular flexibility index (Phi) is 3.70.